The van der Waals surface area contributed by atoms with E-state index in [4.69, 9.17) is 0 Å². The van der Waals surface area contributed by atoms with Gasteiger partial charge < -0.3 is 5.32 Å². The average molecular weight is 279 g/mol. The Hall–Kier alpha value is -0.800. The molecule has 1 aliphatic rings. The Kier molecular flexibility index (Phi) is 6.77. The molecule has 0 spiro atoms. The maximum atomic E-state index is 3.17. The van der Waals surface area contributed by atoms with Crippen molar-refractivity contribution in [2.24, 2.45) is 0 Å². The van der Waals surface area contributed by atoms with Crippen molar-refractivity contribution in [2.75, 3.05) is 39.8 Å². The molecule has 3 nitrogen and oxygen atoms in total. The molecule has 116 valence electrons. The van der Waals surface area contributed by atoms with Crippen molar-refractivity contribution in [2.45, 2.75) is 46.6 Å². The number of hydrogen-bond acceptors (Lipinski definition) is 3. The number of piperazine rings is 1. The molecule has 0 aromatic heterocycles. The molecule has 1 saturated heterocycles. The summed E-state index contributed by atoms with van der Waals surface area (Å²) in [6.07, 6.45) is 5.60. The summed E-state index contributed by atoms with van der Waals surface area (Å²) in [5.41, 5.74) is 3.02. The third kappa shape index (κ3) is 4.95. The van der Waals surface area contributed by atoms with Gasteiger partial charge in [-0.15, -0.1) is 0 Å². The van der Waals surface area contributed by atoms with Crippen LogP contribution in [0.2, 0.25) is 0 Å². The molecule has 0 bridgehead atoms. The average Bonchev–Trinajstić information content (AvgIpc) is 2.42. The fourth-order valence-electron chi connectivity index (χ4n) is 2.91. The lowest BCUT2D eigenvalue weighted by Gasteiger charge is -2.47. The first-order chi connectivity index (χ1) is 9.42. The molecule has 3 heteroatoms. The van der Waals surface area contributed by atoms with Crippen LogP contribution in [-0.2, 0) is 0 Å². The van der Waals surface area contributed by atoms with Crippen molar-refractivity contribution in [1.29, 1.82) is 0 Å². The van der Waals surface area contributed by atoms with Crippen LogP contribution in [0.1, 0.15) is 41.0 Å². The summed E-state index contributed by atoms with van der Waals surface area (Å²) < 4.78 is 0. The zero-order valence-electron chi connectivity index (χ0n) is 14.3. The lowest BCUT2D eigenvalue weighted by Crippen LogP contribution is -2.59. The molecule has 0 radical (unpaired) electrons. The van der Waals surface area contributed by atoms with Crippen LogP contribution in [0.4, 0.5) is 0 Å². The van der Waals surface area contributed by atoms with E-state index in [0.717, 1.165) is 26.1 Å². The molecule has 1 heterocycles. The van der Waals surface area contributed by atoms with Crippen LogP contribution < -0.4 is 5.32 Å². The smallest absolute Gasteiger partial charge is 0.0280 e. The Morgan fingerprint density at radius 2 is 1.90 bits per heavy atom. The summed E-state index contributed by atoms with van der Waals surface area (Å²) >= 11 is 0. The lowest BCUT2D eigenvalue weighted by atomic mass is 9.98. The van der Waals surface area contributed by atoms with Gasteiger partial charge in [0.05, 0.1) is 0 Å². The van der Waals surface area contributed by atoms with Crippen LogP contribution in [0.25, 0.3) is 0 Å². The predicted molar refractivity (Wildman–Crippen MR) is 89.0 cm³/mol. The number of allylic oxidation sites excluding steroid dienone is 3. The molecule has 0 unspecified atom stereocenters. The van der Waals surface area contributed by atoms with E-state index in [1.807, 2.05) is 7.05 Å². The summed E-state index contributed by atoms with van der Waals surface area (Å²) in [6.45, 7) is 17.1. The maximum absolute atomic E-state index is 3.17. The van der Waals surface area contributed by atoms with Crippen LogP contribution in [0, 0.1) is 0 Å². The first-order valence-electron chi connectivity index (χ1n) is 7.94. The third-order valence-electron chi connectivity index (χ3n) is 4.38. The van der Waals surface area contributed by atoms with E-state index < -0.39 is 0 Å². The molecule has 0 atom stereocenters. The van der Waals surface area contributed by atoms with Gasteiger partial charge in [0.25, 0.3) is 0 Å². The van der Waals surface area contributed by atoms with Gasteiger partial charge in [-0.3, -0.25) is 9.80 Å². The van der Waals surface area contributed by atoms with Crippen LogP contribution in [0.15, 0.2) is 23.4 Å². The van der Waals surface area contributed by atoms with E-state index in [0.29, 0.717) is 5.54 Å². The van der Waals surface area contributed by atoms with Gasteiger partial charge in [0.1, 0.15) is 0 Å². The molecular formula is C17H33N3. The second-order valence-electron chi connectivity index (χ2n) is 6.38. The number of rotatable bonds is 6. The second kappa shape index (κ2) is 7.84. The normalized spacial score (nSPS) is 22.1. The largest absolute Gasteiger partial charge is 0.392 e. The minimum atomic E-state index is 0.294. The van der Waals surface area contributed by atoms with Gasteiger partial charge in [-0.1, -0.05) is 25.5 Å². The Morgan fingerprint density at radius 1 is 1.20 bits per heavy atom. The summed E-state index contributed by atoms with van der Waals surface area (Å²) in [4.78, 5) is 5.19. The SMILES string of the molecule is CC/C(=C\C=C(\C)NC)CN1CCN(CC)C(C)(C)C1. The van der Waals surface area contributed by atoms with Gasteiger partial charge in [0, 0.05) is 44.5 Å². The number of likely N-dealkylation sites (N-methyl/N-ethyl adjacent to an activating group) is 1. The standard InChI is InChI=1S/C17H33N3/c1-7-16(10-9-15(3)18-6)13-19-11-12-20(8-2)17(4,5)14-19/h9-10,18H,7-8,11-14H2,1-6H3/b15-9-,16-10+. The van der Waals surface area contributed by atoms with Gasteiger partial charge in [-0.25, -0.2) is 0 Å². The van der Waals surface area contributed by atoms with E-state index in [1.165, 1.54) is 24.4 Å². The zero-order valence-corrected chi connectivity index (χ0v) is 14.3. The van der Waals surface area contributed by atoms with Crippen LogP contribution in [0.3, 0.4) is 0 Å². The number of nitrogens with zero attached hydrogens (tertiary/aromatic N) is 2. The topological polar surface area (TPSA) is 18.5 Å². The highest BCUT2D eigenvalue weighted by Gasteiger charge is 2.32. The van der Waals surface area contributed by atoms with Gasteiger partial charge >= 0.3 is 0 Å². The Balaban J connectivity index is 2.64. The zero-order chi connectivity index (χ0) is 15.2. The minimum absolute atomic E-state index is 0.294. The molecule has 1 aliphatic heterocycles. The molecule has 1 rings (SSSR count). The molecule has 0 amide bonds. The van der Waals surface area contributed by atoms with E-state index in [9.17, 15) is 0 Å². The van der Waals surface area contributed by atoms with Crippen molar-refractivity contribution in [1.82, 2.24) is 15.1 Å². The van der Waals surface area contributed by atoms with Crippen LogP contribution >= 0.6 is 0 Å². The molecular weight excluding hydrogens is 246 g/mol. The molecule has 0 aromatic rings. The van der Waals surface area contributed by atoms with Gasteiger partial charge in [0.2, 0.25) is 0 Å². The summed E-state index contributed by atoms with van der Waals surface area (Å²) in [5, 5.41) is 3.17. The predicted octanol–water partition coefficient (Wildman–Crippen LogP) is 2.86. The molecule has 0 aliphatic carbocycles. The van der Waals surface area contributed by atoms with Gasteiger partial charge in [-0.2, -0.15) is 0 Å². The number of hydrogen-bond donors (Lipinski definition) is 1. The molecule has 1 N–H and O–H groups in total. The molecule has 20 heavy (non-hydrogen) atoms. The summed E-state index contributed by atoms with van der Waals surface area (Å²) in [6, 6.07) is 0. The Bertz CT molecular complexity index is 355. The fraction of sp³-hybridized carbons (Fsp3) is 0.765. The minimum Gasteiger partial charge on any atom is -0.392 e. The fourth-order valence-corrected chi connectivity index (χ4v) is 2.91. The highest BCUT2D eigenvalue weighted by atomic mass is 15.3. The van der Waals surface area contributed by atoms with Crippen molar-refractivity contribution in [3.63, 3.8) is 0 Å². The van der Waals surface area contributed by atoms with E-state index in [1.54, 1.807) is 0 Å². The van der Waals surface area contributed by atoms with E-state index in [2.05, 4.69) is 61.9 Å². The molecule has 0 saturated carbocycles. The maximum Gasteiger partial charge on any atom is 0.0280 e. The number of nitrogens with one attached hydrogen (secondary N) is 1. The van der Waals surface area contributed by atoms with Crippen LogP contribution in [0.5, 0.6) is 0 Å². The highest BCUT2D eigenvalue weighted by molar-refractivity contribution is 5.17. The van der Waals surface area contributed by atoms with Crippen LogP contribution in [-0.4, -0.2) is 55.1 Å². The van der Waals surface area contributed by atoms with Crippen molar-refractivity contribution in [3.05, 3.63) is 23.4 Å². The first-order valence-corrected chi connectivity index (χ1v) is 7.94. The monoisotopic (exact) mass is 279 g/mol. The Labute approximate surface area is 125 Å². The van der Waals surface area contributed by atoms with Crippen molar-refractivity contribution in [3.8, 4) is 0 Å². The first kappa shape index (κ1) is 17.3. The Morgan fingerprint density at radius 3 is 2.40 bits per heavy atom. The summed E-state index contributed by atoms with van der Waals surface area (Å²) in [7, 11) is 1.97. The molecule has 0 aromatic carbocycles. The van der Waals surface area contributed by atoms with Crippen molar-refractivity contribution < 1.29 is 0 Å². The highest BCUT2D eigenvalue weighted by Crippen LogP contribution is 2.21. The quantitative estimate of drug-likeness (QED) is 0.754. The van der Waals surface area contributed by atoms with E-state index in [-0.39, 0.29) is 0 Å². The second-order valence-corrected chi connectivity index (χ2v) is 6.38. The van der Waals surface area contributed by atoms with Crippen molar-refractivity contribution >= 4 is 0 Å². The summed E-state index contributed by atoms with van der Waals surface area (Å²) in [5.74, 6) is 0. The molecule has 1 fully saturated rings. The van der Waals surface area contributed by atoms with E-state index >= 15 is 0 Å². The van der Waals surface area contributed by atoms with Gasteiger partial charge in [0.15, 0.2) is 0 Å². The van der Waals surface area contributed by atoms with Gasteiger partial charge in [-0.05, 0) is 39.8 Å². The third-order valence-corrected chi connectivity index (χ3v) is 4.38. The lowest BCUT2D eigenvalue weighted by molar-refractivity contribution is 0.0280.